The Morgan fingerprint density at radius 3 is 2.32 bits per heavy atom. The monoisotopic (exact) mass is 452 g/mol. The number of methoxy groups -OCH3 is 1. The van der Waals surface area contributed by atoms with E-state index in [1.807, 2.05) is 0 Å². The summed E-state index contributed by atoms with van der Waals surface area (Å²) >= 11 is 0. The van der Waals surface area contributed by atoms with Gasteiger partial charge in [-0.2, -0.15) is 4.31 Å². The van der Waals surface area contributed by atoms with Crippen molar-refractivity contribution in [3.63, 3.8) is 0 Å². The predicted molar refractivity (Wildman–Crippen MR) is 115 cm³/mol. The van der Waals surface area contributed by atoms with Crippen LogP contribution in [0.4, 0.5) is 0 Å². The van der Waals surface area contributed by atoms with E-state index in [2.05, 4.69) is 5.32 Å². The van der Waals surface area contributed by atoms with Gasteiger partial charge in [0, 0.05) is 19.1 Å². The van der Waals surface area contributed by atoms with E-state index in [-0.39, 0.29) is 28.2 Å². The van der Waals surface area contributed by atoms with Gasteiger partial charge in [0.15, 0.2) is 6.10 Å². The van der Waals surface area contributed by atoms with Gasteiger partial charge in [-0.3, -0.25) is 4.79 Å². The molecule has 1 N–H and O–H groups in total. The maximum atomic E-state index is 13.2. The molecule has 2 aliphatic rings. The van der Waals surface area contributed by atoms with Crippen LogP contribution < -0.4 is 10.1 Å². The first kappa shape index (κ1) is 23.5. The molecule has 1 saturated heterocycles. The number of ether oxygens (including phenoxy) is 2. The Hall–Kier alpha value is -2.13. The van der Waals surface area contributed by atoms with Gasteiger partial charge in [0.05, 0.1) is 12.7 Å². The van der Waals surface area contributed by atoms with Crippen LogP contribution in [-0.2, 0) is 19.6 Å². The highest BCUT2D eigenvalue weighted by Crippen LogP contribution is 2.29. The fourth-order valence-electron chi connectivity index (χ4n) is 4.10. The molecule has 0 radical (unpaired) electrons. The first-order valence-corrected chi connectivity index (χ1v) is 12.5. The average Bonchev–Trinajstić information content (AvgIpc) is 3.10. The van der Waals surface area contributed by atoms with Crippen molar-refractivity contribution in [3.05, 3.63) is 23.8 Å². The zero-order valence-electron chi connectivity index (χ0n) is 18.3. The molecule has 2 fully saturated rings. The summed E-state index contributed by atoms with van der Waals surface area (Å²) in [6.45, 7) is 2.40. The Bertz CT molecular complexity index is 887. The van der Waals surface area contributed by atoms with Crippen LogP contribution >= 0.6 is 0 Å². The Morgan fingerprint density at radius 1 is 1.06 bits per heavy atom. The molecule has 3 rings (SSSR count). The molecule has 0 spiro atoms. The highest BCUT2D eigenvalue weighted by Gasteiger charge is 2.30. The topological polar surface area (TPSA) is 102 Å². The number of hydrogen-bond acceptors (Lipinski definition) is 6. The number of carbonyl (C=O) groups is 2. The molecule has 8 nitrogen and oxygen atoms in total. The van der Waals surface area contributed by atoms with E-state index in [9.17, 15) is 18.0 Å². The molecule has 1 aliphatic carbocycles. The maximum Gasteiger partial charge on any atom is 0.338 e. The molecular weight excluding hydrogens is 420 g/mol. The van der Waals surface area contributed by atoms with Crippen LogP contribution in [0.3, 0.4) is 0 Å². The van der Waals surface area contributed by atoms with Crippen molar-refractivity contribution in [2.45, 2.75) is 75.3 Å². The number of nitrogens with zero attached hydrogens (tertiary/aromatic N) is 1. The number of nitrogens with one attached hydrogen (secondary N) is 1. The number of hydrogen-bond donors (Lipinski definition) is 1. The van der Waals surface area contributed by atoms with Gasteiger partial charge in [0.1, 0.15) is 10.6 Å². The van der Waals surface area contributed by atoms with Crippen molar-refractivity contribution in [3.8, 4) is 5.75 Å². The molecule has 1 aliphatic heterocycles. The third-order valence-electron chi connectivity index (χ3n) is 5.94. The summed E-state index contributed by atoms with van der Waals surface area (Å²) < 4.78 is 38.5. The Labute approximate surface area is 184 Å². The highest BCUT2D eigenvalue weighted by atomic mass is 32.2. The summed E-state index contributed by atoms with van der Waals surface area (Å²) in [7, 11) is -2.43. The Kier molecular flexibility index (Phi) is 7.94. The van der Waals surface area contributed by atoms with Crippen molar-refractivity contribution >= 4 is 21.9 Å². The summed E-state index contributed by atoms with van der Waals surface area (Å²) in [5.41, 5.74) is 0.0645. The molecule has 1 saturated carbocycles. The van der Waals surface area contributed by atoms with Crippen LogP contribution in [0.2, 0.25) is 0 Å². The van der Waals surface area contributed by atoms with Crippen LogP contribution in [0.1, 0.15) is 68.6 Å². The van der Waals surface area contributed by atoms with E-state index < -0.39 is 22.1 Å². The normalized spacial score (nSPS) is 19.4. The third-order valence-corrected chi connectivity index (χ3v) is 7.86. The largest absolute Gasteiger partial charge is 0.495 e. The lowest BCUT2D eigenvalue weighted by molar-refractivity contribution is -0.129. The summed E-state index contributed by atoms with van der Waals surface area (Å²) in [4.78, 5) is 24.9. The zero-order valence-corrected chi connectivity index (χ0v) is 19.1. The van der Waals surface area contributed by atoms with Crippen molar-refractivity contribution < 1.29 is 27.5 Å². The van der Waals surface area contributed by atoms with Crippen LogP contribution in [-0.4, -0.2) is 56.9 Å². The quantitative estimate of drug-likeness (QED) is 0.639. The lowest BCUT2D eigenvalue weighted by Crippen LogP contribution is -2.40. The molecular formula is C22H32N2O6S. The first-order chi connectivity index (χ1) is 14.8. The van der Waals surface area contributed by atoms with Crippen LogP contribution in [0.5, 0.6) is 5.75 Å². The lowest BCUT2D eigenvalue weighted by Gasteiger charge is -2.22. The van der Waals surface area contributed by atoms with Gasteiger partial charge >= 0.3 is 5.97 Å². The Balaban J connectivity index is 1.75. The number of sulfonamides is 1. The number of amides is 1. The minimum atomic E-state index is -3.82. The fraction of sp³-hybridized carbons (Fsp3) is 0.636. The van der Waals surface area contributed by atoms with E-state index in [4.69, 9.17) is 9.47 Å². The Morgan fingerprint density at radius 2 is 1.71 bits per heavy atom. The molecule has 0 bridgehead atoms. The van der Waals surface area contributed by atoms with Crippen molar-refractivity contribution in [1.29, 1.82) is 0 Å². The lowest BCUT2D eigenvalue weighted by atomic mass is 10.2. The second kappa shape index (κ2) is 10.5. The molecule has 1 aromatic rings. The van der Waals surface area contributed by atoms with Crippen LogP contribution in [0.15, 0.2) is 23.1 Å². The van der Waals surface area contributed by atoms with Crippen molar-refractivity contribution in [1.82, 2.24) is 9.62 Å². The van der Waals surface area contributed by atoms with Gasteiger partial charge in [-0.15, -0.1) is 0 Å². The third kappa shape index (κ3) is 5.77. The maximum absolute atomic E-state index is 13.2. The molecule has 1 heterocycles. The van der Waals surface area contributed by atoms with Crippen LogP contribution in [0, 0.1) is 0 Å². The molecule has 1 amide bonds. The van der Waals surface area contributed by atoms with E-state index in [0.717, 1.165) is 51.4 Å². The summed E-state index contributed by atoms with van der Waals surface area (Å²) in [6, 6.07) is 4.30. The molecule has 1 atom stereocenters. The van der Waals surface area contributed by atoms with E-state index >= 15 is 0 Å². The second-order valence-electron chi connectivity index (χ2n) is 8.22. The summed E-state index contributed by atoms with van der Waals surface area (Å²) in [5.74, 6) is -0.914. The molecule has 9 heteroatoms. The highest BCUT2D eigenvalue weighted by molar-refractivity contribution is 7.89. The number of benzene rings is 1. The van der Waals surface area contributed by atoms with Gasteiger partial charge in [-0.1, -0.05) is 25.7 Å². The standard InChI is InChI=1S/C22H32N2O6S/c1-16(21(25)23-18-9-5-6-10-18)30-22(26)17-11-12-19(29-2)20(15-17)31(27,28)24-13-7-3-4-8-14-24/h11-12,15-16,18H,3-10,13-14H2,1-2H3,(H,23,25). The molecule has 0 aromatic heterocycles. The number of esters is 1. The van der Waals surface area contributed by atoms with Crippen molar-refractivity contribution in [2.24, 2.45) is 0 Å². The van der Waals surface area contributed by atoms with Gasteiger partial charge in [-0.05, 0) is 50.8 Å². The van der Waals surface area contributed by atoms with Crippen molar-refractivity contribution in [2.75, 3.05) is 20.2 Å². The van der Waals surface area contributed by atoms with Gasteiger partial charge in [0.25, 0.3) is 5.91 Å². The summed E-state index contributed by atoms with van der Waals surface area (Å²) in [5, 5.41) is 2.90. The fourth-order valence-corrected chi connectivity index (χ4v) is 5.80. The minimum absolute atomic E-state index is 0.0607. The number of carbonyl (C=O) groups excluding carboxylic acids is 2. The average molecular weight is 453 g/mol. The molecule has 31 heavy (non-hydrogen) atoms. The van der Waals surface area contributed by atoms with Gasteiger partial charge in [-0.25, -0.2) is 13.2 Å². The summed E-state index contributed by atoms with van der Waals surface area (Å²) in [6.07, 6.45) is 6.66. The molecule has 1 aromatic carbocycles. The SMILES string of the molecule is COc1ccc(C(=O)OC(C)C(=O)NC2CCCC2)cc1S(=O)(=O)N1CCCCCC1. The smallest absolute Gasteiger partial charge is 0.338 e. The minimum Gasteiger partial charge on any atom is -0.495 e. The molecule has 172 valence electrons. The van der Waals surface area contributed by atoms with E-state index in [1.165, 1.54) is 36.5 Å². The number of rotatable bonds is 7. The van der Waals surface area contributed by atoms with Gasteiger partial charge in [0.2, 0.25) is 10.0 Å². The second-order valence-corrected chi connectivity index (χ2v) is 10.1. The van der Waals surface area contributed by atoms with E-state index in [0.29, 0.717) is 13.1 Å². The zero-order chi connectivity index (χ0) is 22.4. The predicted octanol–water partition coefficient (Wildman–Crippen LogP) is 2.86. The van der Waals surface area contributed by atoms with Gasteiger partial charge < -0.3 is 14.8 Å². The first-order valence-electron chi connectivity index (χ1n) is 11.0. The van der Waals surface area contributed by atoms with Crippen LogP contribution in [0.25, 0.3) is 0 Å². The van der Waals surface area contributed by atoms with E-state index in [1.54, 1.807) is 0 Å². The molecule has 1 unspecified atom stereocenters.